The molecule has 34 heavy (non-hydrogen) atoms. The molecule has 0 aliphatic carbocycles. The smallest absolute Gasteiger partial charge is 0.257 e. The van der Waals surface area contributed by atoms with Crippen LogP contribution in [0, 0.1) is 17.6 Å². The lowest BCUT2D eigenvalue weighted by Gasteiger charge is -2.30. The standard InChI is InChI=1S/C26H28F2N4O2/c1-16(2)24(31-25(33)23-19(27)7-6-8-20(23)28)26(34)30-21-9-10-22(32-13-4-3-5-14-32)17-11-12-29-15-18(17)21/h6-12,15-16,24H,3-5,13-14H2,1-2H3,(H,30,34)(H,31,33)/t24-/m0/s1. The first kappa shape index (κ1) is 23.6. The largest absolute Gasteiger partial charge is 0.371 e. The van der Waals surface area contributed by atoms with E-state index in [1.54, 1.807) is 26.2 Å². The monoisotopic (exact) mass is 466 g/mol. The Balaban J connectivity index is 1.59. The molecule has 2 aromatic carbocycles. The minimum absolute atomic E-state index is 0.323. The van der Waals surface area contributed by atoms with Gasteiger partial charge in [-0.05, 0) is 55.5 Å². The van der Waals surface area contributed by atoms with Gasteiger partial charge in [-0.3, -0.25) is 14.6 Å². The van der Waals surface area contributed by atoms with Gasteiger partial charge in [0.2, 0.25) is 5.91 Å². The van der Waals surface area contributed by atoms with Crippen LogP contribution in [0.25, 0.3) is 10.8 Å². The van der Waals surface area contributed by atoms with Gasteiger partial charge in [0, 0.05) is 41.9 Å². The van der Waals surface area contributed by atoms with Crippen LogP contribution in [0.5, 0.6) is 0 Å². The number of nitrogens with zero attached hydrogens (tertiary/aromatic N) is 2. The molecule has 3 aromatic rings. The summed E-state index contributed by atoms with van der Waals surface area (Å²) >= 11 is 0. The fourth-order valence-corrected chi connectivity index (χ4v) is 4.37. The molecule has 1 aliphatic rings. The van der Waals surface area contributed by atoms with Crippen molar-refractivity contribution in [1.82, 2.24) is 10.3 Å². The lowest BCUT2D eigenvalue weighted by Crippen LogP contribution is -2.47. The molecule has 1 saturated heterocycles. The molecular formula is C26H28F2N4O2. The number of nitrogens with one attached hydrogen (secondary N) is 2. The third-order valence-electron chi connectivity index (χ3n) is 6.18. The normalized spacial score (nSPS) is 14.8. The molecule has 1 aliphatic heterocycles. The summed E-state index contributed by atoms with van der Waals surface area (Å²) in [6.07, 6.45) is 6.94. The average molecular weight is 467 g/mol. The molecule has 8 heteroatoms. The fraction of sp³-hybridized carbons (Fsp3) is 0.346. The van der Waals surface area contributed by atoms with Crippen LogP contribution < -0.4 is 15.5 Å². The second kappa shape index (κ2) is 10.2. The highest BCUT2D eigenvalue weighted by Crippen LogP contribution is 2.33. The van der Waals surface area contributed by atoms with Crippen LogP contribution in [0.3, 0.4) is 0 Å². The van der Waals surface area contributed by atoms with E-state index in [0.717, 1.165) is 54.5 Å². The first-order valence-electron chi connectivity index (χ1n) is 11.5. The van der Waals surface area contributed by atoms with Crippen LogP contribution >= 0.6 is 0 Å². The summed E-state index contributed by atoms with van der Waals surface area (Å²) in [4.78, 5) is 32.4. The van der Waals surface area contributed by atoms with Gasteiger partial charge in [-0.25, -0.2) is 8.78 Å². The number of hydrogen-bond donors (Lipinski definition) is 2. The third-order valence-corrected chi connectivity index (χ3v) is 6.18. The van der Waals surface area contributed by atoms with Crippen LogP contribution in [-0.2, 0) is 4.79 Å². The van der Waals surface area contributed by atoms with Crippen molar-refractivity contribution in [3.63, 3.8) is 0 Å². The first-order valence-corrected chi connectivity index (χ1v) is 11.5. The maximum Gasteiger partial charge on any atom is 0.257 e. The zero-order chi connectivity index (χ0) is 24.2. The molecule has 178 valence electrons. The van der Waals surface area contributed by atoms with Gasteiger partial charge in [0.05, 0.1) is 5.69 Å². The first-order chi connectivity index (χ1) is 16.4. The molecule has 4 rings (SSSR count). The number of carbonyl (C=O) groups is 2. The molecule has 2 N–H and O–H groups in total. The zero-order valence-electron chi connectivity index (χ0n) is 19.3. The molecule has 1 aromatic heterocycles. The number of fused-ring (bicyclic) bond motifs is 1. The van der Waals surface area contributed by atoms with E-state index in [2.05, 4.69) is 20.5 Å². The SMILES string of the molecule is CC(C)[C@H](NC(=O)c1c(F)cccc1F)C(=O)Nc1ccc(N2CCCCC2)c2ccncc12. The average Bonchev–Trinajstić information content (AvgIpc) is 2.83. The summed E-state index contributed by atoms with van der Waals surface area (Å²) in [6.45, 7) is 5.47. The summed E-state index contributed by atoms with van der Waals surface area (Å²) in [5.41, 5.74) is 0.950. The Morgan fingerprint density at radius 2 is 1.68 bits per heavy atom. The number of anilines is 2. The van der Waals surface area contributed by atoms with Crippen molar-refractivity contribution in [3.05, 3.63) is 66.0 Å². The Hall–Kier alpha value is -3.55. The quantitative estimate of drug-likeness (QED) is 0.542. The number of pyridine rings is 1. The summed E-state index contributed by atoms with van der Waals surface area (Å²) < 4.78 is 28.1. The predicted octanol–water partition coefficient (Wildman–Crippen LogP) is 4.90. The molecule has 0 bridgehead atoms. The molecule has 0 unspecified atom stereocenters. The molecule has 1 atom stereocenters. The Labute approximate surface area is 197 Å². The van der Waals surface area contributed by atoms with Crippen molar-refractivity contribution in [1.29, 1.82) is 0 Å². The van der Waals surface area contributed by atoms with Crippen molar-refractivity contribution < 1.29 is 18.4 Å². The number of hydrogen-bond acceptors (Lipinski definition) is 4. The molecule has 0 saturated carbocycles. The van der Waals surface area contributed by atoms with Crippen molar-refractivity contribution in [2.24, 2.45) is 5.92 Å². The Morgan fingerprint density at radius 1 is 0.971 bits per heavy atom. The molecule has 2 amide bonds. The van der Waals surface area contributed by atoms with E-state index in [0.29, 0.717) is 5.69 Å². The van der Waals surface area contributed by atoms with Crippen molar-refractivity contribution in [2.45, 2.75) is 39.2 Å². The molecular weight excluding hydrogens is 438 g/mol. The number of amides is 2. The van der Waals surface area contributed by atoms with Crippen molar-refractivity contribution in [2.75, 3.05) is 23.3 Å². The summed E-state index contributed by atoms with van der Waals surface area (Å²) in [5, 5.41) is 7.14. The topological polar surface area (TPSA) is 74.3 Å². The Morgan fingerprint density at radius 3 is 2.35 bits per heavy atom. The number of benzene rings is 2. The molecule has 0 spiro atoms. The second-order valence-corrected chi connectivity index (χ2v) is 8.88. The van der Waals surface area contributed by atoms with Gasteiger partial charge in [-0.15, -0.1) is 0 Å². The van der Waals surface area contributed by atoms with Gasteiger partial charge in [-0.2, -0.15) is 0 Å². The molecule has 0 radical (unpaired) electrons. The van der Waals surface area contributed by atoms with Gasteiger partial charge in [0.1, 0.15) is 23.2 Å². The van der Waals surface area contributed by atoms with Crippen molar-refractivity contribution >= 4 is 34.0 Å². The molecule has 1 fully saturated rings. The highest BCUT2D eigenvalue weighted by atomic mass is 19.1. The number of carbonyl (C=O) groups excluding carboxylic acids is 2. The predicted molar refractivity (Wildman–Crippen MR) is 129 cm³/mol. The van der Waals surface area contributed by atoms with E-state index >= 15 is 0 Å². The minimum Gasteiger partial charge on any atom is -0.371 e. The van der Waals surface area contributed by atoms with E-state index in [-0.39, 0.29) is 5.92 Å². The Bertz CT molecular complexity index is 1190. The van der Waals surface area contributed by atoms with E-state index in [1.807, 2.05) is 18.2 Å². The highest BCUT2D eigenvalue weighted by Gasteiger charge is 2.28. The fourth-order valence-electron chi connectivity index (χ4n) is 4.37. The van der Waals surface area contributed by atoms with Crippen LogP contribution in [0.4, 0.5) is 20.2 Å². The third kappa shape index (κ3) is 4.85. The van der Waals surface area contributed by atoms with Gasteiger partial charge < -0.3 is 15.5 Å². The Kier molecular flexibility index (Phi) is 7.05. The van der Waals surface area contributed by atoms with Crippen LogP contribution in [0.2, 0.25) is 0 Å². The van der Waals surface area contributed by atoms with Crippen molar-refractivity contribution in [3.8, 4) is 0 Å². The van der Waals surface area contributed by atoms with Crippen LogP contribution in [-0.4, -0.2) is 35.9 Å². The van der Waals surface area contributed by atoms with Gasteiger partial charge in [-0.1, -0.05) is 19.9 Å². The van der Waals surface area contributed by atoms with Crippen LogP contribution in [0.1, 0.15) is 43.5 Å². The summed E-state index contributed by atoms with van der Waals surface area (Å²) in [5.74, 6) is -3.74. The molecule has 6 nitrogen and oxygen atoms in total. The van der Waals surface area contributed by atoms with E-state index in [4.69, 9.17) is 0 Å². The maximum atomic E-state index is 14.1. The maximum absolute atomic E-state index is 14.1. The molecule has 2 heterocycles. The minimum atomic E-state index is -1.00. The van der Waals surface area contributed by atoms with Gasteiger partial charge >= 0.3 is 0 Å². The van der Waals surface area contributed by atoms with Gasteiger partial charge in [0.25, 0.3) is 5.91 Å². The van der Waals surface area contributed by atoms with E-state index in [1.165, 1.54) is 12.5 Å². The van der Waals surface area contributed by atoms with Gasteiger partial charge in [0.15, 0.2) is 0 Å². The van der Waals surface area contributed by atoms with E-state index < -0.39 is 35.1 Å². The lowest BCUT2D eigenvalue weighted by atomic mass is 10.0. The number of rotatable bonds is 6. The zero-order valence-corrected chi connectivity index (χ0v) is 19.3. The summed E-state index contributed by atoms with van der Waals surface area (Å²) in [6, 6.07) is 7.94. The lowest BCUT2D eigenvalue weighted by molar-refractivity contribution is -0.118. The number of piperidine rings is 1. The second-order valence-electron chi connectivity index (χ2n) is 8.88. The number of aromatic nitrogens is 1. The highest BCUT2D eigenvalue weighted by molar-refractivity contribution is 6.08. The van der Waals surface area contributed by atoms with Crippen LogP contribution in [0.15, 0.2) is 48.8 Å². The van der Waals surface area contributed by atoms with E-state index in [9.17, 15) is 18.4 Å². The summed E-state index contributed by atoms with van der Waals surface area (Å²) in [7, 11) is 0. The number of halogens is 2.